The maximum absolute atomic E-state index is 15.7. The van der Waals surface area contributed by atoms with Crippen molar-refractivity contribution in [2.45, 2.75) is 0 Å². The molecule has 1 aliphatic rings. The van der Waals surface area contributed by atoms with Gasteiger partial charge in [-0.1, -0.05) is 158 Å². The molecule has 1 aromatic heterocycles. The number of hydrogen-bond acceptors (Lipinski definition) is 3. The zero-order valence-electron chi connectivity index (χ0n) is 34.2. The van der Waals surface area contributed by atoms with E-state index in [0.717, 1.165) is 77.4 Å². The van der Waals surface area contributed by atoms with Crippen molar-refractivity contribution in [1.82, 2.24) is 4.57 Å². The van der Waals surface area contributed by atoms with E-state index in [2.05, 4.69) is 64.0 Å². The topological polar surface area (TPSA) is 70.5 Å². The van der Waals surface area contributed by atoms with Gasteiger partial charge in [-0.3, -0.25) is 9.59 Å². The largest absolute Gasteiger partial charge is 0.308 e. The van der Waals surface area contributed by atoms with Crippen molar-refractivity contribution in [3.8, 4) is 67.4 Å². The summed E-state index contributed by atoms with van der Waals surface area (Å²) < 4.78 is 2.11. The van der Waals surface area contributed by atoms with Crippen LogP contribution in [0.2, 0.25) is 0 Å². The van der Waals surface area contributed by atoms with E-state index in [0.29, 0.717) is 33.8 Å². The van der Waals surface area contributed by atoms with Crippen LogP contribution in [0.5, 0.6) is 0 Å². The molecule has 64 heavy (non-hydrogen) atoms. The molecule has 0 radical (unpaired) electrons. The molecule has 2 heterocycles. The van der Waals surface area contributed by atoms with Crippen LogP contribution >= 0.6 is 0 Å². The maximum Gasteiger partial charge on any atom is 0.268 e. The first-order valence-corrected chi connectivity index (χ1v) is 20.9. The Morgan fingerprint density at radius 1 is 0.438 bits per heavy atom. The van der Waals surface area contributed by atoms with E-state index in [4.69, 9.17) is 6.57 Å². The van der Waals surface area contributed by atoms with Crippen molar-refractivity contribution in [2.24, 2.45) is 0 Å². The number of amides is 2. The molecule has 298 valence electrons. The second kappa shape index (κ2) is 15.4. The molecule has 10 aromatic rings. The van der Waals surface area contributed by atoms with Gasteiger partial charge in [-0.2, -0.15) is 5.26 Å². The molecule has 2 amide bonds. The van der Waals surface area contributed by atoms with Gasteiger partial charge < -0.3 is 4.57 Å². The van der Waals surface area contributed by atoms with Crippen molar-refractivity contribution in [3.05, 3.63) is 234 Å². The minimum absolute atomic E-state index is 0.312. The molecule has 0 unspecified atom stereocenters. The lowest BCUT2D eigenvalue weighted by atomic mass is 9.90. The quantitative estimate of drug-likeness (QED) is 0.119. The summed E-state index contributed by atoms with van der Waals surface area (Å²) >= 11 is 0. The van der Waals surface area contributed by atoms with Crippen LogP contribution in [0.25, 0.3) is 88.0 Å². The van der Waals surface area contributed by atoms with Gasteiger partial charge in [0.15, 0.2) is 5.69 Å². The van der Waals surface area contributed by atoms with Crippen molar-refractivity contribution < 1.29 is 9.59 Å². The first-order chi connectivity index (χ1) is 31.5. The molecular weight excluding hydrogens is 785 g/mol. The third-order valence-electron chi connectivity index (χ3n) is 12.2. The van der Waals surface area contributed by atoms with Crippen molar-refractivity contribution in [1.29, 1.82) is 5.26 Å². The average molecular weight is 819 g/mol. The zero-order valence-corrected chi connectivity index (χ0v) is 34.2. The van der Waals surface area contributed by atoms with E-state index in [9.17, 15) is 5.26 Å². The van der Waals surface area contributed by atoms with E-state index in [-0.39, 0.29) is 0 Å². The fourth-order valence-corrected chi connectivity index (χ4v) is 9.29. The predicted molar refractivity (Wildman–Crippen MR) is 257 cm³/mol. The van der Waals surface area contributed by atoms with Crippen molar-refractivity contribution in [3.63, 3.8) is 0 Å². The normalized spacial score (nSPS) is 12.1. The molecule has 1 aliphatic heterocycles. The lowest BCUT2D eigenvalue weighted by molar-refractivity contribution is 0.0926. The third kappa shape index (κ3) is 6.10. The minimum atomic E-state index is -0.415. The second-order valence-corrected chi connectivity index (χ2v) is 15.7. The Bertz CT molecular complexity index is 3410. The maximum atomic E-state index is 15.7. The number of fused-ring (bicyclic) bond motifs is 4. The molecule has 0 bridgehead atoms. The number of benzene rings is 9. The number of nitrogens with zero attached hydrogens (tertiary/aromatic N) is 4. The fourth-order valence-electron chi connectivity index (χ4n) is 9.29. The average Bonchev–Trinajstić information content (AvgIpc) is 3.84. The Hall–Kier alpha value is -9.10. The Labute approximate surface area is 369 Å². The van der Waals surface area contributed by atoms with Crippen LogP contribution in [-0.2, 0) is 0 Å². The summed E-state index contributed by atoms with van der Waals surface area (Å²) in [5, 5.41) is 11.5. The molecule has 0 spiro atoms. The third-order valence-corrected chi connectivity index (χ3v) is 12.2. The summed E-state index contributed by atoms with van der Waals surface area (Å²) in [4.78, 5) is 35.9. The summed E-state index contributed by atoms with van der Waals surface area (Å²) in [6.45, 7) is 7.57. The highest BCUT2D eigenvalue weighted by Gasteiger charge is 2.42. The number of imide groups is 1. The lowest BCUT2D eigenvalue weighted by Gasteiger charge is -2.24. The SMILES string of the molecule is [C-]#[N+]c1ccc(-c2cccc3c2c2c(-c4ccc(C#N)cc4)cccc2n3-c2cccc3c2C(=O)N(c2c(-c4ccccc4)cc(-c4ccccc4)cc2-c2ccccc2)C3=O)cc1. The minimum Gasteiger partial charge on any atom is -0.308 e. The van der Waals surface area contributed by atoms with Crippen LogP contribution in [0.4, 0.5) is 11.4 Å². The van der Waals surface area contributed by atoms with E-state index in [1.54, 1.807) is 6.07 Å². The summed E-state index contributed by atoms with van der Waals surface area (Å²) in [5.74, 6) is -0.815. The van der Waals surface area contributed by atoms with Gasteiger partial charge in [0.25, 0.3) is 11.8 Å². The van der Waals surface area contributed by atoms with Crippen LogP contribution in [0.1, 0.15) is 26.3 Å². The van der Waals surface area contributed by atoms with Crippen LogP contribution in [-0.4, -0.2) is 16.4 Å². The van der Waals surface area contributed by atoms with E-state index < -0.39 is 11.8 Å². The number of carbonyl (C=O) groups excluding carboxylic acids is 2. The smallest absolute Gasteiger partial charge is 0.268 e. The summed E-state index contributed by atoms with van der Waals surface area (Å²) in [5.41, 5.74) is 13.5. The van der Waals surface area contributed by atoms with Gasteiger partial charge in [0.05, 0.1) is 51.7 Å². The number of carbonyl (C=O) groups is 2. The standard InChI is InChI=1S/C58H34N4O2/c1-60-44-32-30-42(31-33-44)46-21-12-24-51-54(46)53-45(41-28-26-37(36-59)27-29-41)20-11-23-50(53)61(51)52-25-13-22-47-55(52)58(64)62(57(47)63)56-48(39-16-7-3-8-17-39)34-43(38-14-5-2-6-15-38)35-49(56)40-18-9-4-10-19-40/h2-35H. The Morgan fingerprint density at radius 2 is 0.906 bits per heavy atom. The fraction of sp³-hybridized carbons (Fsp3) is 0. The zero-order chi connectivity index (χ0) is 43.3. The summed E-state index contributed by atoms with van der Waals surface area (Å²) in [6.07, 6.45) is 0. The van der Waals surface area contributed by atoms with E-state index >= 15 is 9.59 Å². The molecule has 0 aliphatic carbocycles. The number of aromatic nitrogens is 1. The van der Waals surface area contributed by atoms with Crippen LogP contribution in [0.3, 0.4) is 0 Å². The van der Waals surface area contributed by atoms with Gasteiger partial charge in [0.1, 0.15) is 0 Å². The molecule has 0 saturated heterocycles. The van der Waals surface area contributed by atoms with Crippen molar-refractivity contribution >= 4 is 45.0 Å². The van der Waals surface area contributed by atoms with Gasteiger partial charge >= 0.3 is 0 Å². The molecule has 6 nitrogen and oxygen atoms in total. The monoisotopic (exact) mass is 818 g/mol. The molecule has 0 atom stereocenters. The second-order valence-electron chi connectivity index (χ2n) is 15.7. The highest BCUT2D eigenvalue weighted by Crippen LogP contribution is 2.48. The van der Waals surface area contributed by atoms with Gasteiger partial charge in [-0.15, -0.1) is 0 Å². The molecule has 0 N–H and O–H groups in total. The number of hydrogen-bond donors (Lipinski definition) is 0. The van der Waals surface area contributed by atoms with Crippen LogP contribution in [0, 0.1) is 17.9 Å². The number of rotatable bonds is 7. The lowest BCUT2D eigenvalue weighted by Crippen LogP contribution is -2.30. The van der Waals surface area contributed by atoms with Gasteiger partial charge in [-0.25, -0.2) is 9.74 Å². The summed E-state index contributed by atoms with van der Waals surface area (Å²) in [7, 11) is 0. The Balaban J connectivity index is 1.18. The van der Waals surface area contributed by atoms with Crippen LogP contribution < -0.4 is 4.90 Å². The Morgan fingerprint density at radius 3 is 1.42 bits per heavy atom. The highest BCUT2D eigenvalue weighted by molar-refractivity contribution is 6.37. The van der Waals surface area contributed by atoms with Gasteiger partial charge in [0, 0.05) is 21.9 Å². The number of nitriles is 1. The molecule has 0 fully saturated rings. The first-order valence-electron chi connectivity index (χ1n) is 20.9. The Kier molecular flexibility index (Phi) is 9.12. The summed E-state index contributed by atoms with van der Waals surface area (Å²) in [6, 6.07) is 69.4. The molecule has 9 aromatic carbocycles. The molecule has 6 heteroatoms. The van der Waals surface area contributed by atoms with E-state index in [1.807, 2.05) is 152 Å². The number of anilines is 1. The van der Waals surface area contributed by atoms with Crippen LogP contribution in [0.15, 0.2) is 206 Å². The van der Waals surface area contributed by atoms with E-state index in [1.165, 1.54) is 4.90 Å². The van der Waals surface area contributed by atoms with Crippen molar-refractivity contribution in [2.75, 3.05) is 4.90 Å². The first kappa shape index (κ1) is 37.9. The molecule has 11 rings (SSSR count). The van der Waals surface area contributed by atoms with Gasteiger partial charge in [0.2, 0.25) is 0 Å². The highest BCUT2D eigenvalue weighted by atomic mass is 16.2. The molecular formula is C58H34N4O2. The van der Waals surface area contributed by atoms with Gasteiger partial charge in [-0.05, 0) is 93.0 Å². The predicted octanol–water partition coefficient (Wildman–Crippen LogP) is 14.3. The molecule has 0 saturated carbocycles.